The zero-order chi connectivity index (χ0) is 19.6. The molecule has 1 amide bonds. The van der Waals surface area contributed by atoms with Gasteiger partial charge in [0.1, 0.15) is 12.3 Å². The van der Waals surface area contributed by atoms with Gasteiger partial charge in [0.15, 0.2) is 10.9 Å². The zero-order valence-corrected chi connectivity index (χ0v) is 16.6. The molecule has 4 nitrogen and oxygen atoms in total. The van der Waals surface area contributed by atoms with E-state index in [1.165, 1.54) is 4.90 Å². The molecule has 2 aromatic rings. The fraction of sp³-hybridized carbons (Fsp3) is 0.100. The lowest BCUT2D eigenvalue weighted by Crippen LogP contribution is -2.30. The minimum Gasteiger partial charge on any atom is -0.478 e. The van der Waals surface area contributed by atoms with E-state index in [4.69, 9.17) is 46.6 Å². The molecule has 7 heteroatoms. The molecule has 2 aromatic carbocycles. The highest BCUT2D eigenvalue weighted by atomic mass is 35.5. The molecule has 1 aliphatic heterocycles. The smallest absolute Gasteiger partial charge is 0.281 e. The predicted octanol–water partition coefficient (Wildman–Crippen LogP) is 4.61. The minimum absolute atomic E-state index is 0.0570. The Morgan fingerprint density at radius 3 is 2.44 bits per heavy atom. The summed E-state index contributed by atoms with van der Waals surface area (Å²) in [6.45, 7) is 0.0570. The quantitative estimate of drug-likeness (QED) is 0.413. The van der Waals surface area contributed by atoms with Crippen molar-refractivity contribution in [2.75, 3.05) is 18.6 Å². The first-order chi connectivity index (χ1) is 12.9. The van der Waals surface area contributed by atoms with E-state index in [1.807, 2.05) is 30.3 Å². The molecule has 0 aromatic heterocycles. The van der Waals surface area contributed by atoms with E-state index in [0.717, 1.165) is 0 Å². The molecule has 3 rings (SSSR count). The van der Waals surface area contributed by atoms with Gasteiger partial charge in [-0.1, -0.05) is 47.3 Å². The van der Waals surface area contributed by atoms with Crippen molar-refractivity contribution in [3.8, 4) is 18.1 Å². The Morgan fingerprint density at radius 2 is 1.85 bits per heavy atom. The zero-order valence-electron chi connectivity index (χ0n) is 14.3. The fourth-order valence-electron chi connectivity index (χ4n) is 2.63. The summed E-state index contributed by atoms with van der Waals surface area (Å²) in [5, 5.41) is 1.00. The molecule has 1 fully saturated rings. The number of para-hydroxylation sites is 1. The number of halogens is 2. The topological polar surface area (TPSA) is 32.8 Å². The average Bonchev–Trinajstić information content (AvgIpc) is 2.85. The minimum atomic E-state index is -0.228. The number of carbonyl (C=O) groups excluding carboxylic acids is 1. The normalized spacial score (nSPS) is 15.4. The van der Waals surface area contributed by atoms with E-state index in [0.29, 0.717) is 37.9 Å². The summed E-state index contributed by atoms with van der Waals surface area (Å²) in [5.74, 6) is 2.44. The molecule has 0 saturated carbocycles. The standard InChI is InChI=1S/C20H14Cl2N2O2S/c1-3-9-26-18-15(21)10-13(11-16(18)22)12-17-19(25)24(20(27)23(17)2)14-7-5-4-6-8-14/h1,4-8,10-12H,9H2,2H3/b17-12-. The van der Waals surface area contributed by atoms with Crippen molar-refractivity contribution in [1.29, 1.82) is 0 Å². The Labute approximate surface area is 172 Å². The highest BCUT2D eigenvalue weighted by molar-refractivity contribution is 7.80. The van der Waals surface area contributed by atoms with Crippen molar-refractivity contribution in [2.24, 2.45) is 0 Å². The van der Waals surface area contributed by atoms with Crippen LogP contribution in [-0.4, -0.2) is 29.6 Å². The second kappa shape index (κ2) is 8.01. The van der Waals surface area contributed by atoms with Crippen LogP contribution in [0.4, 0.5) is 5.69 Å². The van der Waals surface area contributed by atoms with Gasteiger partial charge in [0, 0.05) is 7.05 Å². The monoisotopic (exact) mass is 416 g/mol. The Hall–Kier alpha value is -2.52. The molecular weight excluding hydrogens is 403 g/mol. The maximum atomic E-state index is 12.9. The van der Waals surface area contributed by atoms with Crippen LogP contribution in [0.3, 0.4) is 0 Å². The van der Waals surface area contributed by atoms with E-state index in [9.17, 15) is 4.79 Å². The first-order valence-corrected chi connectivity index (χ1v) is 9.04. The number of benzene rings is 2. The molecular formula is C20H14Cl2N2O2S. The molecule has 0 unspecified atom stereocenters. The molecule has 136 valence electrons. The highest BCUT2D eigenvalue weighted by Gasteiger charge is 2.36. The molecule has 0 atom stereocenters. The molecule has 1 saturated heterocycles. The Bertz CT molecular complexity index is 960. The van der Waals surface area contributed by atoms with Crippen LogP contribution >= 0.6 is 35.4 Å². The van der Waals surface area contributed by atoms with Crippen LogP contribution in [0.1, 0.15) is 5.56 Å². The summed E-state index contributed by atoms with van der Waals surface area (Å²) in [4.78, 5) is 16.1. The van der Waals surface area contributed by atoms with E-state index in [2.05, 4.69) is 5.92 Å². The Balaban J connectivity index is 1.97. The van der Waals surface area contributed by atoms with E-state index >= 15 is 0 Å². The molecule has 0 aliphatic carbocycles. The van der Waals surface area contributed by atoms with Crippen LogP contribution in [0.5, 0.6) is 5.75 Å². The van der Waals surface area contributed by atoms with Crippen LogP contribution < -0.4 is 9.64 Å². The predicted molar refractivity (Wildman–Crippen MR) is 113 cm³/mol. The SMILES string of the molecule is C#CCOc1c(Cl)cc(/C=C2/C(=O)N(c3ccccc3)C(=S)N2C)cc1Cl. The fourth-order valence-corrected chi connectivity index (χ4v) is 3.53. The number of nitrogens with zero attached hydrogens (tertiary/aromatic N) is 2. The highest BCUT2D eigenvalue weighted by Crippen LogP contribution is 2.36. The number of terminal acetylenes is 1. The summed E-state index contributed by atoms with van der Waals surface area (Å²) >= 11 is 17.9. The van der Waals surface area contributed by atoms with Crippen LogP contribution in [0.25, 0.3) is 6.08 Å². The van der Waals surface area contributed by atoms with Crippen molar-refractivity contribution in [3.63, 3.8) is 0 Å². The third kappa shape index (κ3) is 3.79. The third-order valence-corrected chi connectivity index (χ3v) is 4.92. The number of rotatable bonds is 4. The second-order valence-electron chi connectivity index (χ2n) is 5.65. The third-order valence-electron chi connectivity index (χ3n) is 3.90. The molecule has 0 radical (unpaired) electrons. The molecule has 0 bridgehead atoms. The van der Waals surface area contributed by atoms with Gasteiger partial charge in [-0.05, 0) is 48.1 Å². The van der Waals surface area contributed by atoms with Crippen molar-refractivity contribution >= 4 is 58.2 Å². The number of amides is 1. The van der Waals surface area contributed by atoms with Gasteiger partial charge in [-0.25, -0.2) is 0 Å². The van der Waals surface area contributed by atoms with Gasteiger partial charge in [-0.3, -0.25) is 9.69 Å². The lowest BCUT2D eigenvalue weighted by Gasteiger charge is -2.16. The van der Waals surface area contributed by atoms with Crippen molar-refractivity contribution in [2.45, 2.75) is 0 Å². The number of carbonyl (C=O) groups is 1. The van der Waals surface area contributed by atoms with Crippen LogP contribution in [-0.2, 0) is 4.79 Å². The average molecular weight is 417 g/mol. The van der Waals surface area contributed by atoms with Crippen molar-refractivity contribution in [1.82, 2.24) is 4.90 Å². The number of thiocarbonyl (C=S) groups is 1. The first-order valence-electron chi connectivity index (χ1n) is 7.88. The lowest BCUT2D eigenvalue weighted by molar-refractivity contribution is -0.114. The van der Waals surface area contributed by atoms with Gasteiger partial charge in [0.05, 0.1) is 15.7 Å². The van der Waals surface area contributed by atoms with Gasteiger partial charge in [-0.2, -0.15) is 0 Å². The number of anilines is 1. The summed E-state index contributed by atoms with van der Waals surface area (Å²) in [6, 6.07) is 12.5. The molecule has 0 N–H and O–H groups in total. The van der Waals surface area contributed by atoms with Gasteiger partial charge in [-0.15, -0.1) is 6.42 Å². The number of hydrogen-bond acceptors (Lipinski definition) is 3. The Morgan fingerprint density at radius 1 is 1.22 bits per heavy atom. The largest absolute Gasteiger partial charge is 0.478 e. The maximum absolute atomic E-state index is 12.9. The molecule has 1 aliphatic rings. The van der Waals surface area contributed by atoms with Gasteiger partial charge < -0.3 is 9.64 Å². The number of hydrogen-bond donors (Lipinski definition) is 0. The Kier molecular flexibility index (Phi) is 5.71. The van der Waals surface area contributed by atoms with Gasteiger partial charge >= 0.3 is 0 Å². The second-order valence-corrected chi connectivity index (χ2v) is 6.83. The first kappa shape index (κ1) is 19.2. The van der Waals surface area contributed by atoms with Crippen molar-refractivity contribution < 1.29 is 9.53 Å². The maximum Gasteiger partial charge on any atom is 0.281 e. The van der Waals surface area contributed by atoms with Gasteiger partial charge in [0.25, 0.3) is 5.91 Å². The van der Waals surface area contributed by atoms with Gasteiger partial charge in [0.2, 0.25) is 0 Å². The van der Waals surface area contributed by atoms with E-state index in [-0.39, 0.29) is 12.5 Å². The lowest BCUT2D eigenvalue weighted by atomic mass is 10.1. The summed E-state index contributed by atoms with van der Waals surface area (Å²) in [7, 11) is 1.74. The molecule has 0 spiro atoms. The number of likely N-dealkylation sites (N-methyl/N-ethyl adjacent to an activating group) is 1. The molecule has 1 heterocycles. The summed E-state index contributed by atoms with van der Waals surface area (Å²) < 4.78 is 5.35. The molecule has 27 heavy (non-hydrogen) atoms. The van der Waals surface area contributed by atoms with Crippen molar-refractivity contribution in [3.05, 3.63) is 63.8 Å². The summed E-state index contributed by atoms with van der Waals surface area (Å²) in [5.41, 5.74) is 1.76. The van der Waals surface area contributed by atoms with Crippen LogP contribution in [0.2, 0.25) is 10.0 Å². The van der Waals surface area contributed by atoms with E-state index < -0.39 is 0 Å². The summed E-state index contributed by atoms with van der Waals surface area (Å²) in [6.07, 6.45) is 6.87. The number of ether oxygens (including phenoxy) is 1. The van der Waals surface area contributed by atoms with E-state index in [1.54, 1.807) is 30.2 Å². The van der Waals surface area contributed by atoms with Crippen LogP contribution in [0, 0.1) is 12.3 Å². The van der Waals surface area contributed by atoms with Crippen LogP contribution in [0.15, 0.2) is 48.2 Å².